The first-order chi connectivity index (χ1) is 9.04. The zero-order valence-electron chi connectivity index (χ0n) is 10.8. The molecule has 0 saturated carbocycles. The number of hydrogen-bond acceptors (Lipinski definition) is 5. The molecule has 0 unspecified atom stereocenters. The number of hydrogen-bond donors (Lipinski definition) is 1. The van der Waals surface area contributed by atoms with E-state index in [0.29, 0.717) is 18.1 Å². The molecule has 2 heterocycles. The lowest BCUT2D eigenvalue weighted by Crippen LogP contribution is -2.25. The Bertz CT molecular complexity index is 616. The molecule has 0 aliphatic carbocycles. The fourth-order valence-corrected chi connectivity index (χ4v) is 2.68. The molecule has 7 heteroatoms. The molecule has 0 amide bonds. The van der Waals surface area contributed by atoms with Crippen LogP contribution in [0.2, 0.25) is 0 Å². The Labute approximate surface area is 112 Å². The maximum absolute atomic E-state index is 12.2. The topological polar surface area (TPSA) is 75.7 Å². The van der Waals surface area contributed by atoms with E-state index >= 15 is 0 Å². The minimum Gasteiger partial charge on any atom is -0.468 e. The summed E-state index contributed by atoms with van der Waals surface area (Å²) < 4.78 is 36.1. The first-order valence-corrected chi connectivity index (χ1v) is 7.20. The van der Waals surface area contributed by atoms with Gasteiger partial charge in [-0.2, -0.15) is 4.31 Å². The van der Waals surface area contributed by atoms with Crippen LogP contribution in [-0.4, -0.2) is 26.8 Å². The molecule has 0 aliphatic rings. The molecule has 1 N–H and O–H groups in total. The fourth-order valence-electron chi connectivity index (χ4n) is 1.63. The summed E-state index contributed by atoms with van der Waals surface area (Å²) in [6.07, 6.45) is 1.51. The summed E-state index contributed by atoms with van der Waals surface area (Å²) in [5.74, 6) is 1.15. The summed E-state index contributed by atoms with van der Waals surface area (Å²) in [6.45, 7) is 0.648. The summed E-state index contributed by atoms with van der Waals surface area (Å²) in [7, 11) is -0.386. The van der Waals surface area contributed by atoms with Crippen LogP contribution in [-0.2, 0) is 23.1 Å². The van der Waals surface area contributed by atoms with Crippen molar-refractivity contribution in [2.45, 2.75) is 18.2 Å². The molecule has 0 saturated heterocycles. The van der Waals surface area contributed by atoms with Gasteiger partial charge < -0.3 is 14.2 Å². The Morgan fingerprint density at radius 2 is 2.05 bits per heavy atom. The molecule has 2 aromatic rings. The van der Waals surface area contributed by atoms with Crippen molar-refractivity contribution in [2.24, 2.45) is 0 Å². The lowest BCUT2D eigenvalue weighted by molar-refractivity contribution is 0.367. The van der Waals surface area contributed by atoms with Crippen molar-refractivity contribution >= 4 is 10.0 Å². The number of nitrogens with one attached hydrogen (secondary N) is 1. The maximum Gasteiger partial charge on any atom is 0.276 e. The Balaban J connectivity index is 2.16. The van der Waals surface area contributed by atoms with Gasteiger partial charge in [0.1, 0.15) is 11.5 Å². The van der Waals surface area contributed by atoms with Crippen molar-refractivity contribution in [2.75, 3.05) is 14.1 Å². The highest BCUT2D eigenvalue weighted by molar-refractivity contribution is 7.88. The minimum absolute atomic E-state index is 0.0631. The van der Waals surface area contributed by atoms with E-state index in [1.807, 2.05) is 0 Å². The van der Waals surface area contributed by atoms with Crippen LogP contribution < -0.4 is 5.32 Å². The lowest BCUT2D eigenvalue weighted by atomic mass is 10.4. The minimum atomic E-state index is -3.63. The SMILES string of the molecule is CNCc1ccc(S(=O)(=O)N(C)Cc2ccco2)o1. The van der Waals surface area contributed by atoms with Gasteiger partial charge in [0.2, 0.25) is 5.09 Å². The van der Waals surface area contributed by atoms with Crippen LogP contribution in [0.4, 0.5) is 0 Å². The van der Waals surface area contributed by atoms with E-state index < -0.39 is 10.0 Å². The second kappa shape index (κ2) is 5.60. The van der Waals surface area contributed by atoms with Gasteiger partial charge in [-0.15, -0.1) is 0 Å². The second-order valence-electron chi connectivity index (χ2n) is 4.09. The standard InChI is InChI=1S/C12H16N2O4S/c1-13-8-10-5-6-12(18-10)19(15,16)14(2)9-11-4-3-7-17-11/h3-7,13H,8-9H2,1-2H3. The summed E-state index contributed by atoms with van der Waals surface area (Å²) >= 11 is 0. The van der Waals surface area contributed by atoms with Crippen LogP contribution in [0, 0.1) is 0 Å². The number of sulfonamides is 1. The molecule has 0 aromatic carbocycles. The Hall–Kier alpha value is -1.57. The zero-order chi connectivity index (χ0) is 13.9. The van der Waals surface area contributed by atoms with Crippen LogP contribution in [0.5, 0.6) is 0 Å². The third-order valence-electron chi connectivity index (χ3n) is 2.61. The van der Waals surface area contributed by atoms with Gasteiger partial charge in [-0.25, -0.2) is 8.42 Å². The Morgan fingerprint density at radius 3 is 2.68 bits per heavy atom. The predicted octanol–water partition coefficient (Wildman–Crippen LogP) is 1.41. The van der Waals surface area contributed by atoms with Crippen LogP contribution in [0.3, 0.4) is 0 Å². The highest BCUT2D eigenvalue weighted by atomic mass is 32.2. The molecule has 0 bridgehead atoms. The van der Waals surface area contributed by atoms with E-state index in [1.165, 1.54) is 23.7 Å². The molecular weight excluding hydrogens is 268 g/mol. The molecule has 19 heavy (non-hydrogen) atoms. The predicted molar refractivity (Wildman–Crippen MR) is 68.8 cm³/mol. The van der Waals surface area contributed by atoms with E-state index in [0.717, 1.165) is 0 Å². The molecule has 2 aromatic heterocycles. The van der Waals surface area contributed by atoms with Gasteiger partial charge in [0.05, 0.1) is 19.4 Å². The van der Waals surface area contributed by atoms with Gasteiger partial charge >= 0.3 is 0 Å². The first-order valence-electron chi connectivity index (χ1n) is 5.76. The Kier molecular flexibility index (Phi) is 4.08. The number of rotatable bonds is 6. The van der Waals surface area contributed by atoms with E-state index in [-0.39, 0.29) is 11.6 Å². The molecule has 0 atom stereocenters. The number of furan rings is 2. The third kappa shape index (κ3) is 3.06. The van der Waals surface area contributed by atoms with Crippen LogP contribution in [0.1, 0.15) is 11.5 Å². The zero-order valence-corrected chi connectivity index (χ0v) is 11.6. The van der Waals surface area contributed by atoms with E-state index in [4.69, 9.17) is 8.83 Å². The Morgan fingerprint density at radius 1 is 1.26 bits per heavy atom. The highest BCUT2D eigenvalue weighted by Crippen LogP contribution is 2.19. The van der Waals surface area contributed by atoms with Crippen LogP contribution in [0.15, 0.2) is 44.5 Å². The molecule has 0 fully saturated rings. The molecule has 104 valence electrons. The first kappa shape index (κ1) is 13.9. The lowest BCUT2D eigenvalue weighted by Gasteiger charge is -2.13. The molecule has 0 aliphatic heterocycles. The molecule has 0 spiro atoms. The van der Waals surface area contributed by atoms with Gasteiger partial charge in [-0.05, 0) is 31.3 Å². The molecule has 0 radical (unpaired) electrons. The highest BCUT2D eigenvalue weighted by Gasteiger charge is 2.25. The number of nitrogens with zero attached hydrogens (tertiary/aromatic N) is 1. The normalized spacial score (nSPS) is 12.2. The van der Waals surface area contributed by atoms with E-state index in [1.54, 1.807) is 25.2 Å². The van der Waals surface area contributed by atoms with Gasteiger partial charge in [0.25, 0.3) is 10.0 Å². The largest absolute Gasteiger partial charge is 0.468 e. The van der Waals surface area contributed by atoms with Crippen molar-refractivity contribution in [1.29, 1.82) is 0 Å². The average Bonchev–Trinajstić information content (AvgIpc) is 3.00. The van der Waals surface area contributed by atoms with Crippen molar-refractivity contribution < 1.29 is 17.3 Å². The smallest absolute Gasteiger partial charge is 0.276 e. The van der Waals surface area contributed by atoms with Crippen LogP contribution in [0.25, 0.3) is 0 Å². The molecule has 2 rings (SSSR count). The van der Waals surface area contributed by atoms with E-state index in [2.05, 4.69) is 5.32 Å². The van der Waals surface area contributed by atoms with Crippen molar-refractivity contribution in [3.8, 4) is 0 Å². The monoisotopic (exact) mass is 284 g/mol. The van der Waals surface area contributed by atoms with Crippen molar-refractivity contribution in [3.63, 3.8) is 0 Å². The van der Waals surface area contributed by atoms with Gasteiger partial charge in [0, 0.05) is 7.05 Å². The van der Waals surface area contributed by atoms with Gasteiger partial charge in [0.15, 0.2) is 0 Å². The van der Waals surface area contributed by atoms with E-state index in [9.17, 15) is 8.42 Å². The quantitative estimate of drug-likeness (QED) is 0.868. The van der Waals surface area contributed by atoms with Crippen molar-refractivity contribution in [1.82, 2.24) is 9.62 Å². The second-order valence-corrected chi connectivity index (χ2v) is 6.07. The average molecular weight is 284 g/mol. The van der Waals surface area contributed by atoms with Gasteiger partial charge in [-0.3, -0.25) is 0 Å². The maximum atomic E-state index is 12.2. The van der Waals surface area contributed by atoms with Crippen molar-refractivity contribution in [3.05, 3.63) is 42.0 Å². The summed E-state index contributed by atoms with van der Waals surface area (Å²) in [4.78, 5) is 0. The fraction of sp³-hybridized carbons (Fsp3) is 0.333. The third-order valence-corrected chi connectivity index (χ3v) is 4.29. The molecular formula is C12H16N2O4S. The summed E-state index contributed by atoms with van der Waals surface area (Å²) in [5.41, 5.74) is 0. The molecule has 6 nitrogen and oxygen atoms in total. The summed E-state index contributed by atoms with van der Waals surface area (Å²) in [5, 5.41) is 2.83. The van der Waals surface area contributed by atoms with Crippen LogP contribution >= 0.6 is 0 Å². The van der Waals surface area contributed by atoms with Gasteiger partial charge in [-0.1, -0.05) is 0 Å². The summed E-state index contributed by atoms with van der Waals surface area (Å²) in [6, 6.07) is 6.54.